The summed E-state index contributed by atoms with van der Waals surface area (Å²) in [6.45, 7) is 1.87. The van der Waals surface area contributed by atoms with Gasteiger partial charge >= 0.3 is 5.97 Å². The lowest BCUT2D eigenvalue weighted by molar-refractivity contribution is 0.0533. The number of sulfone groups is 1. The molecule has 0 bridgehead atoms. The molecular formula is C22H20ClNO6S2. The van der Waals surface area contributed by atoms with Gasteiger partial charge in [-0.15, -0.1) is 11.3 Å². The van der Waals surface area contributed by atoms with E-state index in [1.807, 2.05) is 12.1 Å². The molecule has 0 saturated heterocycles. The fourth-order valence-electron chi connectivity index (χ4n) is 2.85. The van der Waals surface area contributed by atoms with Crippen LogP contribution in [0.1, 0.15) is 27.0 Å². The number of amides is 1. The van der Waals surface area contributed by atoms with E-state index in [4.69, 9.17) is 21.1 Å². The van der Waals surface area contributed by atoms with E-state index in [1.54, 1.807) is 32.2 Å². The molecular weight excluding hydrogens is 474 g/mol. The van der Waals surface area contributed by atoms with Crippen LogP contribution < -0.4 is 10.1 Å². The average molecular weight is 494 g/mol. The fourth-order valence-corrected chi connectivity index (χ4v) is 5.17. The molecule has 0 atom stereocenters. The zero-order valence-corrected chi connectivity index (χ0v) is 19.9. The maximum absolute atomic E-state index is 12.9. The third-order valence-corrected chi connectivity index (χ3v) is 7.15. The van der Waals surface area contributed by atoms with E-state index in [1.165, 1.54) is 29.5 Å². The maximum Gasteiger partial charge on any atom is 0.350 e. The van der Waals surface area contributed by atoms with Gasteiger partial charge < -0.3 is 14.8 Å². The molecule has 0 aliphatic carbocycles. The molecule has 1 heterocycles. The van der Waals surface area contributed by atoms with Crippen LogP contribution in [0.3, 0.4) is 0 Å². The van der Waals surface area contributed by atoms with Gasteiger partial charge in [0, 0.05) is 16.7 Å². The SMILES string of the molecule is CCOC(=O)c1sc(-c2ccc(OC)cc2)cc1NC(=O)c1ccc(Cl)c(S(C)(=O)=O)c1. The van der Waals surface area contributed by atoms with Crippen molar-refractivity contribution in [1.29, 1.82) is 0 Å². The molecule has 0 fully saturated rings. The third kappa shape index (κ3) is 5.29. The van der Waals surface area contributed by atoms with E-state index in [9.17, 15) is 18.0 Å². The summed E-state index contributed by atoms with van der Waals surface area (Å²) in [5.74, 6) is -0.467. The van der Waals surface area contributed by atoms with Crippen molar-refractivity contribution in [2.24, 2.45) is 0 Å². The van der Waals surface area contributed by atoms with E-state index < -0.39 is 21.7 Å². The van der Waals surface area contributed by atoms with Gasteiger partial charge in [0.15, 0.2) is 9.84 Å². The van der Waals surface area contributed by atoms with Crippen LogP contribution in [0.4, 0.5) is 5.69 Å². The number of halogens is 1. The second-order valence-electron chi connectivity index (χ2n) is 6.67. The number of rotatable bonds is 7. The number of ether oxygens (including phenoxy) is 2. The van der Waals surface area contributed by atoms with E-state index in [2.05, 4.69) is 5.32 Å². The Morgan fingerprint density at radius 3 is 2.38 bits per heavy atom. The number of hydrogen-bond acceptors (Lipinski definition) is 7. The molecule has 168 valence electrons. The van der Waals surface area contributed by atoms with Crippen molar-refractivity contribution < 1.29 is 27.5 Å². The third-order valence-electron chi connectivity index (χ3n) is 4.41. The van der Waals surface area contributed by atoms with Gasteiger partial charge in [0.2, 0.25) is 0 Å². The Morgan fingerprint density at radius 2 is 1.78 bits per heavy atom. The number of carbonyl (C=O) groups is 2. The van der Waals surface area contributed by atoms with Crippen molar-refractivity contribution in [3.05, 3.63) is 64.0 Å². The molecule has 1 amide bonds. The van der Waals surface area contributed by atoms with Crippen LogP contribution in [0.25, 0.3) is 10.4 Å². The van der Waals surface area contributed by atoms with Gasteiger partial charge in [-0.3, -0.25) is 4.79 Å². The highest BCUT2D eigenvalue weighted by Crippen LogP contribution is 2.36. The summed E-state index contributed by atoms with van der Waals surface area (Å²) in [4.78, 5) is 26.1. The summed E-state index contributed by atoms with van der Waals surface area (Å²) >= 11 is 7.13. The van der Waals surface area contributed by atoms with Crippen molar-refractivity contribution in [3.8, 4) is 16.2 Å². The Morgan fingerprint density at radius 1 is 1.09 bits per heavy atom. The van der Waals surface area contributed by atoms with Gasteiger partial charge in [0.05, 0.1) is 29.3 Å². The Labute approximate surface area is 194 Å². The molecule has 0 spiro atoms. The number of carbonyl (C=O) groups excluding carboxylic acids is 2. The normalized spacial score (nSPS) is 11.1. The first-order chi connectivity index (χ1) is 15.1. The molecule has 10 heteroatoms. The number of nitrogens with one attached hydrogen (secondary N) is 1. The Kier molecular flexibility index (Phi) is 7.22. The Hall–Kier alpha value is -2.88. The first-order valence-corrected chi connectivity index (χ1v) is 12.5. The zero-order valence-electron chi connectivity index (χ0n) is 17.5. The highest BCUT2D eigenvalue weighted by molar-refractivity contribution is 7.90. The fraction of sp³-hybridized carbons (Fsp3) is 0.182. The molecule has 0 aliphatic heterocycles. The second kappa shape index (κ2) is 9.72. The lowest BCUT2D eigenvalue weighted by Gasteiger charge is -2.08. The van der Waals surface area contributed by atoms with Crippen LogP contribution in [0.15, 0.2) is 53.4 Å². The molecule has 0 saturated carbocycles. The van der Waals surface area contributed by atoms with Crippen LogP contribution in [0, 0.1) is 0 Å². The quantitative estimate of drug-likeness (QED) is 0.469. The first kappa shape index (κ1) is 23.8. The average Bonchev–Trinajstić information content (AvgIpc) is 3.17. The van der Waals surface area contributed by atoms with Gasteiger partial charge in [0.1, 0.15) is 10.6 Å². The predicted molar refractivity (Wildman–Crippen MR) is 125 cm³/mol. The Bertz CT molecular complexity index is 1270. The summed E-state index contributed by atoms with van der Waals surface area (Å²) in [5, 5.41) is 2.71. The van der Waals surface area contributed by atoms with Crippen LogP contribution in [-0.4, -0.2) is 40.3 Å². The van der Waals surface area contributed by atoms with Crippen molar-refractivity contribution in [1.82, 2.24) is 0 Å². The molecule has 1 aromatic heterocycles. The van der Waals surface area contributed by atoms with Crippen LogP contribution in [0.2, 0.25) is 5.02 Å². The molecule has 1 N–H and O–H groups in total. The minimum Gasteiger partial charge on any atom is -0.497 e. The van der Waals surface area contributed by atoms with Crippen molar-refractivity contribution >= 4 is 50.3 Å². The summed E-state index contributed by atoms with van der Waals surface area (Å²) < 4.78 is 34.1. The monoisotopic (exact) mass is 493 g/mol. The molecule has 3 aromatic rings. The second-order valence-corrected chi connectivity index (χ2v) is 10.1. The van der Waals surface area contributed by atoms with Gasteiger partial charge in [-0.05, 0) is 61.0 Å². The Balaban J connectivity index is 1.98. The number of thiophene rings is 1. The van der Waals surface area contributed by atoms with E-state index in [0.29, 0.717) is 5.75 Å². The largest absolute Gasteiger partial charge is 0.497 e. The predicted octanol–water partition coefficient (Wildman–Crippen LogP) is 4.91. The highest BCUT2D eigenvalue weighted by atomic mass is 35.5. The standard InChI is InChI=1S/C22H20ClNO6S2/c1-4-30-22(26)20-17(12-18(31-20)13-5-8-15(29-2)9-6-13)24-21(25)14-7-10-16(23)19(11-14)32(3,27)28/h5-12H,4H2,1-3H3,(H,24,25). The number of methoxy groups -OCH3 is 1. The molecule has 3 rings (SSSR count). The highest BCUT2D eigenvalue weighted by Gasteiger charge is 2.22. The number of esters is 1. The van der Waals surface area contributed by atoms with Crippen molar-refractivity contribution in [2.45, 2.75) is 11.8 Å². The lowest BCUT2D eigenvalue weighted by atomic mass is 10.1. The van der Waals surface area contributed by atoms with Crippen molar-refractivity contribution in [2.75, 3.05) is 25.3 Å². The molecule has 7 nitrogen and oxygen atoms in total. The minimum atomic E-state index is -3.62. The minimum absolute atomic E-state index is 0.0218. The molecule has 2 aromatic carbocycles. The zero-order chi connectivity index (χ0) is 23.5. The molecule has 32 heavy (non-hydrogen) atoms. The van der Waals surface area contributed by atoms with Crippen LogP contribution >= 0.6 is 22.9 Å². The lowest BCUT2D eigenvalue weighted by Crippen LogP contribution is -2.15. The van der Waals surface area contributed by atoms with Gasteiger partial charge in [0.25, 0.3) is 5.91 Å². The number of hydrogen-bond donors (Lipinski definition) is 1. The summed E-state index contributed by atoms with van der Waals surface area (Å²) in [7, 11) is -2.06. The summed E-state index contributed by atoms with van der Waals surface area (Å²) in [5.41, 5.74) is 1.18. The maximum atomic E-state index is 12.9. The van der Waals surface area contributed by atoms with Gasteiger partial charge in [-0.2, -0.15) is 0 Å². The van der Waals surface area contributed by atoms with Crippen LogP contribution in [-0.2, 0) is 14.6 Å². The number of benzene rings is 2. The van der Waals surface area contributed by atoms with E-state index >= 15 is 0 Å². The smallest absolute Gasteiger partial charge is 0.350 e. The summed E-state index contributed by atoms with van der Waals surface area (Å²) in [6, 6.07) is 12.9. The molecule has 0 radical (unpaired) electrons. The topological polar surface area (TPSA) is 98.8 Å². The number of anilines is 1. The summed E-state index contributed by atoms with van der Waals surface area (Å²) in [6.07, 6.45) is 1.01. The molecule has 0 unspecified atom stereocenters. The van der Waals surface area contributed by atoms with E-state index in [-0.39, 0.29) is 32.7 Å². The van der Waals surface area contributed by atoms with Crippen molar-refractivity contribution in [3.63, 3.8) is 0 Å². The van der Waals surface area contributed by atoms with Gasteiger partial charge in [-0.1, -0.05) is 11.6 Å². The van der Waals surface area contributed by atoms with Crippen LogP contribution in [0.5, 0.6) is 5.75 Å². The molecule has 0 aliphatic rings. The first-order valence-electron chi connectivity index (χ1n) is 9.40. The van der Waals surface area contributed by atoms with E-state index in [0.717, 1.165) is 16.7 Å². The van der Waals surface area contributed by atoms with Gasteiger partial charge in [-0.25, -0.2) is 13.2 Å².